The molecule has 0 aromatic rings. The summed E-state index contributed by atoms with van der Waals surface area (Å²) in [4.78, 5) is 10.9. The molecule has 1 heterocycles. The van der Waals surface area contributed by atoms with Crippen LogP contribution in [0.3, 0.4) is 0 Å². The minimum absolute atomic E-state index is 0.0524. The van der Waals surface area contributed by atoms with E-state index in [1.807, 2.05) is 13.8 Å². The zero-order valence-electron chi connectivity index (χ0n) is 7.72. The van der Waals surface area contributed by atoms with E-state index in [1.165, 1.54) is 7.11 Å². The molecule has 0 radical (unpaired) electrons. The van der Waals surface area contributed by atoms with Crippen molar-refractivity contribution in [2.24, 2.45) is 0 Å². The Morgan fingerprint density at radius 2 is 2.42 bits per heavy atom. The normalized spacial score (nSPS) is 34.8. The standard InChI is InChI=1S/C8H15NO3/c1-6-8(2,4-5-12-6)9-7(10)11-3/h6H,4-5H2,1-3H3,(H,9,10). The molecule has 1 rings (SSSR count). The monoisotopic (exact) mass is 173 g/mol. The van der Waals surface area contributed by atoms with Crippen LogP contribution in [0.4, 0.5) is 4.79 Å². The number of methoxy groups -OCH3 is 1. The van der Waals surface area contributed by atoms with Crippen molar-refractivity contribution in [2.45, 2.75) is 31.9 Å². The van der Waals surface area contributed by atoms with Crippen LogP contribution in [-0.4, -0.2) is 31.5 Å². The molecule has 12 heavy (non-hydrogen) atoms. The number of rotatable bonds is 1. The number of alkyl carbamates (subject to hydrolysis) is 1. The molecule has 70 valence electrons. The first kappa shape index (κ1) is 9.32. The van der Waals surface area contributed by atoms with Gasteiger partial charge in [-0.15, -0.1) is 0 Å². The zero-order chi connectivity index (χ0) is 9.19. The molecule has 0 aromatic heterocycles. The van der Waals surface area contributed by atoms with Gasteiger partial charge in [0.1, 0.15) is 0 Å². The number of hydrogen-bond acceptors (Lipinski definition) is 3. The van der Waals surface area contributed by atoms with Crippen molar-refractivity contribution in [1.29, 1.82) is 0 Å². The zero-order valence-corrected chi connectivity index (χ0v) is 7.72. The highest BCUT2D eigenvalue weighted by Gasteiger charge is 2.38. The maximum Gasteiger partial charge on any atom is 0.407 e. The first-order chi connectivity index (χ1) is 5.58. The molecule has 0 aromatic carbocycles. The lowest BCUT2D eigenvalue weighted by Crippen LogP contribution is -2.50. The number of amides is 1. The van der Waals surface area contributed by atoms with Crippen LogP contribution in [-0.2, 0) is 9.47 Å². The van der Waals surface area contributed by atoms with Gasteiger partial charge in [0.05, 0.1) is 18.8 Å². The van der Waals surface area contributed by atoms with E-state index in [4.69, 9.17) is 4.74 Å². The van der Waals surface area contributed by atoms with E-state index >= 15 is 0 Å². The molecule has 2 unspecified atom stereocenters. The van der Waals surface area contributed by atoms with Crippen molar-refractivity contribution in [3.05, 3.63) is 0 Å². The molecule has 0 saturated carbocycles. The molecule has 4 nitrogen and oxygen atoms in total. The van der Waals surface area contributed by atoms with Crippen molar-refractivity contribution in [1.82, 2.24) is 5.32 Å². The summed E-state index contributed by atoms with van der Waals surface area (Å²) in [6.07, 6.45) is 0.495. The van der Waals surface area contributed by atoms with Gasteiger partial charge in [-0.1, -0.05) is 0 Å². The summed E-state index contributed by atoms with van der Waals surface area (Å²) in [6.45, 7) is 4.60. The van der Waals surface area contributed by atoms with E-state index in [0.717, 1.165) is 6.42 Å². The molecule has 1 fully saturated rings. The summed E-state index contributed by atoms with van der Waals surface area (Å²) in [6, 6.07) is 0. The van der Waals surface area contributed by atoms with Crippen LogP contribution in [0, 0.1) is 0 Å². The van der Waals surface area contributed by atoms with Gasteiger partial charge >= 0.3 is 6.09 Å². The smallest absolute Gasteiger partial charge is 0.407 e. The van der Waals surface area contributed by atoms with Gasteiger partial charge in [0.25, 0.3) is 0 Å². The molecule has 1 N–H and O–H groups in total. The van der Waals surface area contributed by atoms with Crippen molar-refractivity contribution >= 4 is 6.09 Å². The third kappa shape index (κ3) is 1.69. The van der Waals surface area contributed by atoms with Crippen molar-refractivity contribution in [2.75, 3.05) is 13.7 Å². The summed E-state index contributed by atoms with van der Waals surface area (Å²) in [5.74, 6) is 0. The lowest BCUT2D eigenvalue weighted by molar-refractivity contribution is 0.0841. The Bertz CT molecular complexity index is 183. The summed E-state index contributed by atoms with van der Waals surface area (Å²) < 4.78 is 9.86. The van der Waals surface area contributed by atoms with Crippen LogP contribution in [0.2, 0.25) is 0 Å². The summed E-state index contributed by atoms with van der Waals surface area (Å²) in [5, 5.41) is 2.77. The van der Waals surface area contributed by atoms with Gasteiger partial charge in [-0.25, -0.2) is 4.79 Å². The van der Waals surface area contributed by atoms with Crippen LogP contribution in [0.5, 0.6) is 0 Å². The second-order valence-electron chi connectivity index (χ2n) is 3.30. The van der Waals surface area contributed by atoms with E-state index < -0.39 is 6.09 Å². The number of carbonyl (C=O) groups excluding carboxylic acids is 1. The fourth-order valence-electron chi connectivity index (χ4n) is 1.28. The Hall–Kier alpha value is -0.770. The van der Waals surface area contributed by atoms with Crippen LogP contribution in [0.15, 0.2) is 0 Å². The molecule has 1 saturated heterocycles. The highest BCUT2D eigenvalue weighted by Crippen LogP contribution is 2.24. The van der Waals surface area contributed by atoms with E-state index in [1.54, 1.807) is 0 Å². The minimum atomic E-state index is -0.394. The molecule has 1 amide bonds. The maximum atomic E-state index is 10.9. The van der Waals surface area contributed by atoms with Gasteiger partial charge in [0.15, 0.2) is 0 Å². The van der Waals surface area contributed by atoms with Gasteiger partial charge in [-0.3, -0.25) is 0 Å². The summed E-state index contributed by atoms with van der Waals surface area (Å²) in [7, 11) is 1.36. The van der Waals surface area contributed by atoms with Crippen LogP contribution < -0.4 is 5.32 Å². The first-order valence-electron chi connectivity index (χ1n) is 4.06. The van der Waals surface area contributed by atoms with Crippen LogP contribution in [0.1, 0.15) is 20.3 Å². The van der Waals surface area contributed by atoms with E-state index in [9.17, 15) is 4.79 Å². The van der Waals surface area contributed by atoms with Gasteiger partial charge in [-0.2, -0.15) is 0 Å². The van der Waals surface area contributed by atoms with E-state index in [-0.39, 0.29) is 11.6 Å². The Labute approximate surface area is 72.2 Å². The third-order valence-electron chi connectivity index (χ3n) is 2.46. The van der Waals surface area contributed by atoms with Gasteiger partial charge in [-0.05, 0) is 20.3 Å². The molecule has 0 spiro atoms. The highest BCUT2D eigenvalue weighted by molar-refractivity contribution is 5.68. The number of hydrogen-bond donors (Lipinski definition) is 1. The molecule has 1 aliphatic heterocycles. The van der Waals surface area contributed by atoms with Crippen molar-refractivity contribution in [3.8, 4) is 0 Å². The lowest BCUT2D eigenvalue weighted by Gasteiger charge is -2.27. The molecule has 0 bridgehead atoms. The Morgan fingerprint density at radius 3 is 2.83 bits per heavy atom. The van der Waals surface area contributed by atoms with E-state index in [2.05, 4.69) is 10.1 Å². The predicted molar refractivity (Wildman–Crippen MR) is 44.0 cm³/mol. The third-order valence-corrected chi connectivity index (χ3v) is 2.46. The quantitative estimate of drug-likeness (QED) is 0.641. The molecule has 1 aliphatic rings. The Balaban J connectivity index is 2.53. The summed E-state index contributed by atoms with van der Waals surface area (Å²) >= 11 is 0. The molecule has 0 aliphatic carbocycles. The fraction of sp³-hybridized carbons (Fsp3) is 0.875. The molecule has 2 atom stereocenters. The molecular weight excluding hydrogens is 158 g/mol. The van der Waals surface area contributed by atoms with Gasteiger partial charge < -0.3 is 14.8 Å². The minimum Gasteiger partial charge on any atom is -0.453 e. The maximum absolute atomic E-state index is 10.9. The van der Waals surface area contributed by atoms with Crippen molar-refractivity contribution in [3.63, 3.8) is 0 Å². The largest absolute Gasteiger partial charge is 0.453 e. The predicted octanol–water partition coefficient (Wildman–Crippen LogP) is 0.910. The van der Waals surface area contributed by atoms with Gasteiger partial charge in [0.2, 0.25) is 0 Å². The lowest BCUT2D eigenvalue weighted by atomic mass is 9.95. The number of nitrogens with one attached hydrogen (secondary N) is 1. The van der Waals surface area contributed by atoms with Gasteiger partial charge in [0, 0.05) is 6.61 Å². The van der Waals surface area contributed by atoms with Crippen LogP contribution in [0.25, 0.3) is 0 Å². The Morgan fingerprint density at radius 1 is 1.75 bits per heavy atom. The SMILES string of the molecule is COC(=O)NC1(C)CCOC1C. The average Bonchev–Trinajstić information content (AvgIpc) is 2.32. The van der Waals surface area contributed by atoms with E-state index in [0.29, 0.717) is 6.61 Å². The first-order valence-corrected chi connectivity index (χ1v) is 4.06. The Kier molecular flexibility index (Phi) is 2.57. The topological polar surface area (TPSA) is 47.6 Å². The summed E-state index contributed by atoms with van der Waals surface area (Å²) in [5.41, 5.74) is -0.271. The van der Waals surface area contributed by atoms with Crippen LogP contribution >= 0.6 is 0 Å². The second-order valence-corrected chi connectivity index (χ2v) is 3.30. The molecule has 4 heteroatoms. The number of carbonyl (C=O) groups is 1. The average molecular weight is 173 g/mol. The molecular formula is C8H15NO3. The van der Waals surface area contributed by atoms with Crippen molar-refractivity contribution < 1.29 is 14.3 Å². The highest BCUT2D eigenvalue weighted by atomic mass is 16.5. The number of ether oxygens (including phenoxy) is 2. The second kappa shape index (κ2) is 3.31. The fourth-order valence-corrected chi connectivity index (χ4v) is 1.28.